The lowest BCUT2D eigenvalue weighted by Gasteiger charge is -2.18. The van der Waals surface area contributed by atoms with Crippen molar-refractivity contribution in [3.8, 4) is 0 Å². The predicted molar refractivity (Wildman–Crippen MR) is 79.4 cm³/mol. The van der Waals surface area contributed by atoms with Crippen LogP contribution in [-0.4, -0.2) is 28.7 Å². The number of carbonyl (C=O) groups excluding carboxylic acids is 1. The van der Waals surface area contributed by atoms with E-state index in [9.17, 15) is 9.90 Å². The fourth-order valence-corrected chi connectivity index (χ4v) is 2.91. The molecule has 1 fully saturated rings. The number of unbranched alkanes of at least 4 members (excludes halogenated alkanes) is 1. The summed E-state index contributed by atoms with van der Waals surface area (Å²) in [4.78, 5) is 12.5. The summed E-state index contributed by atoms with van der Waals surface area (Å²) in [6.45, 7) is 3.98. The number of allylic oxidation sites excluding steroid dienone is 2. The van der Waals surface area contributed by atoms with Crippen LogP contribution < -0.4 is 0 Å². The quantitative estimate of drug-likeness (QED) is 0.659. The first-order chi connectivity index (χ1) is 9.58. The number of hydrogen-bond donors (Lipinski definition) is 1. The van der Waals surface area contributed by atoms with Crippen molar-refractivity contribution in [3.63, 3.8) is 0 Å². The van der Waals surface area contributed by atoms with Crippen molar-refractivity contribution in [1.29, 1.82) is 0 Å². The van der Waals surface area contributed by atoms with Gasteiger partial charge in [0.25, 0.3) is 0 Å². The number of aliphatic hydroxyl groups is 1. The number of fused-ring (bicyclic) bond motifs is 1. The van der Waals surface area contributed by atoms with Gasteiger partial charge in [0.15, 0.2) is 11.4 Å². The van der Waals surface area contributed by atoms with Gasteiger partial charge in [-0.1, -0.05) is 44.4 Å². The first-order valence-electron chi connectivity index (χ1n) is 7.83. The van der Waals surface area contributed by atoms with Crippen molar-refractivity contribution < 1.29 is 14.6 Å². The number of aliphatic hydroxyl groups excluding tert-OH is 1. The summed E-state index contributed by atoms with van der Waals surface area (Å²) in [5, 5.41) is 9.44. The molecule has 0 bridgehead atoms. The molecule has 4 atom stereocenters. The molecule has 2 rings (SSSR count). The first-order valence-corrected chi connectivity index (χ1v) is 7.83. The highest BCUT2D eigenvalue weighted by atomic mass is 16.6. The van der Waals surface area contributed by atoms with E-state index < -0.39 is 5.60 Å². The molecule has 3 heteroatoms. The second-order valence-corrected chi connectivity index (χ2v) is 6.14. The molecule has 0 amide bonds. The number of ketones is 1. The number of carbonyl (C=O) groups is 1. The topological polar surface area (TPSA) is 49.8 Å². The fraction of sp³-hybridized carbons (Fsp3) is 0.706. The van der Waals surface area contributed by atoms with E-state index in [4.69, 9.17) is 4.74 Å². The van der Waals surface area contributed by atoms with Crippen LogP contribution in [0.5, 0.6) is 0 Å². The normalized spacial score (nSPS) is 29.9. The van der Waals surface area contributed by atoms with Crippen LogP contribution in [0.2, 0.25) is 0 Å². The largest absolute Gasteiger partial charge is 0.393 e. The molecule has 20 heavy (non-hydrogen) atoms. The van der Waals surface area contributed by atoms with Gasteiger partial charge in [-0.3, -0.25) is 4.79 Å². The van der Waals surface area contributed by atoms with Gasteiger partial charge >= 0.3 is 0 Å². The first kappa shape index (κ1) is 15.5. The Morgan fingerprint density at radius 3 is 2.80 bits per heavy atom. The molecule has 0 radical (unpaired) electrons. The van der Waals surface area contributed by atoms with Crippen LogP contribution in [0.25, 0.3) is 0 Å². The maximum Gasteiger partial charge on any atom is 0.175 e. The van der Waals surface area contributed by atoms with E-state index in [2.05, 4.69) is 6.92 Å². The highest BCUT2D eigenvalue weighted by Crippen LogP contribution is 2.43. The Morgan fingerprint density at radius 1 is 1.35 bits per heavy atom. The molecule has 3 nitrogen and oxygen atoms in total. The molecule has 1 N–H and O–H groups in total. The molecule has 1 heterocycles. The Hall–Kier alpha value is -0.930. The number of ether oxygens (including phenoxy) is 1. The van der Waals surface area contributed by atoms with Crippen LogP contribution >= 0.6 is 0 Å². The molecule has 1 saturated heterocycles. The highest BCUT2D eigenvalue weighted by Gasteiger charge is 2.59. The third kappa shape index (κ3) is 3.58. The van der Waals surface area contributed by atoms with Crippen LogP contribution in [0.1, 0.15) is 52.4 Å². The van der Waals surface area contributed by atoms with E-state index in [1.54, 1.807) is 0 Å². The van der Waals surface area contributed by atoms with Gasteiger partial charge < -0.3 is 9.84 Å². The molecule has 0 spiro atoms. The van der Waals surface area contributed by atoms with Gasteiger partial charge in [0, 0.05) is 6.42 Å². The van der Waals surface area contributed by atoms with Crippen LogP contribution in [0.15, 0.2) is 24.3 Å². The smallest absolute Gasteiger partial charge is 0.175 e. The molecular formula is C17H26O3. The van der Waals surface area contributed by atoms with Crippen molar-refractivity contribution in [2.75, 3.05) is 0 Å². The lowest BCUT2D eigenvalue weighted by Crippen LogP contribution is -2.28. The number of hydrogen-bond acceptors (Lipinski definition) is 3. The van der Waals surface area contributed by atoms with Gasteiger partial charge in [-0.05, 0) is 31.8 Å². The molecule has 0 aromatic carbocycles. The summed E-state index contributed by atoms with van der Waals surface area (Å²) >= 11 is 0. The van der Waals surface area contributed by atoms with Crippen molar-refractivity contribution >= 4 is 5.78 Å². The maximum atomic E-state index is 12.5. The van der Waals surface area contributed by atoms with E-state index in [0.717, 1.165) is 32.1 Å². The van der Waals surface area contributed by atoms with Gasteiger partial charge in [0.2, 0.25) is 0 Å². The minimum atomic E-state index is -0.649. The highest BCUT2D eigenvalue weighted by molar-refractivity contribution is 5.94. The standard InChI is InChI=1S/C17H26O3/c1-3-4-7-14(10-9-13(2)18)12-15(19)17-11-6-5-8-16(17)20-17/h5-6,8,11,13-14,16,18H,3-4,7,9-10,12H2,1-2H3. The van der Waals surface area contributed by atoms with Crippen LogP contribution in [-0.2, 0) is 9.53 Å². The van der Waals surface area contributed by atoms with E-state index in [0.29, 0.717) is 12.3 Å². The molecule has 2 aliphatic rings. The molecule has 0 aromatic rings. The Labute approximate surface area is 121 Å². The summed E-state index contributed by atoms with van der Waals surface area (Å²) in [7, 11) is 0. The molecular weight excluding hydrogens is 252 g/mol. The van der Waals surface area contributed by atoms with Gasteiger partial charge in [-0.25, -0.2) is 0 Å². The predicted octanol–water partition coefficient (Wildman–Crippen LogP) is 3.18. The Balaban J connectivity index is 1.88. The zero-order valence-electron chi connectivity index (χ0n) is 12.5. The zero-order valence-corrected chi connectivity index (χ0v) is 12.5. The second kappa shape index (κ2) is 6.68. The van der Waals surface area contributed by atoms with E-state index in [1.807, 2.05) is 31.2 Å². The lowest BCUT2D eigenvalue weighted by molar-refractivity contribution is -0.123. The third-order valence-corrected chi connectivity index (χ3v) is 4.30. The molecule has 0 saturated carbocycles. The van der Waals surface area contributed by atoms with Crippen molar-refractivity contribution in [2.24, 2.45) is 5.92 Å². The Morgan fingerprint density at radius 2 is 2.15 bits per heavy atom. The fourth-order valence-electron chi connectivity index (χ4n) is 2.91. The van der Waals surface area contributed by atoms with E-state index in [1.165, 1.54) is 0 Å². The summed E-state index contributed by atoms with van der Waals surface area (Å²) in [5.41, 5.74) is -0.649. The molecule has 112 valence electrons. The van der Waals surface area contributed by atoms with E-state index >= 15 is 0 Å². The number of Topliss-reactive ketones (excluding diaryl/α,β-unsaturated/α-hetero) is 1. The molecule has 0 aromatic heterocycles. The number of epoxide rings is 1. The van der Waals surface area contributed by atoms with Crippen LogP contribution in [0.4, 0.5) is 0 Å². The van der Waals surface area contributed by atoms with Crippen molar-refractivity contribution in [3.05, 3.63) is 24.3 Å². The lowest BCUT2D eigenvalue weighted by atomic mass is 9.85. The monoisotopic (exact) mass is 278 g/mol. The zero-order chi connectivity index (χ0) is 14.6. The average molecular weight is 278 g/mol. The van der Waals surface area contributed by atoms with Gasteiger partial charge in [-0.2, -0.15) is 0 Å². The molecule has 4 unspecified atom stereocenters. The summed E-state index contributed by atoms with van der Waals surface area (Å²) < 4.78 is 5.59. The van der Waals surface area contributed by atoms with E-state index in [-0.39, 0.29) is 18.0 Å². The Bertz CT molecular complexity index is 397. The molecule has 1 aliphatic carbocycles. The second-order valence-electron chi connectivity index (χ2n) is 6.14. The van der Waals surface area contributed by atoms with Gasteiger partial charge in [-0.15, -0.1) is 0 Å². The SMILES string of the molecule is CCCCC(CCC(C)O)CC(=O)C12C=CC=CC1O2. The van der Waals surface area contributed by atoms with Crippen LogP contribution in [0.3, 0.4) is 0 Å². The Kier molecular flexibility index (Phi) is 5.17. The number of rotatable bonds is 9. The van der Waals surface area contributed by atoms with Gasteiger partial charge in [0.05, 0.1) is 6.10 Å². The minimum Gasteiger partial charge on any atom is -0.393 e. The summed E-state index contributed by atoms with van der Waals surface area (Å²) in [5.74, 6) is 0.574. The maximum absolute atomic E-state index is 12.5. The summed E-state index contributed by atoms with van der Waals surface area (Å²) in [6, 6.07) is 0. The van der Waals surface area contributed by atoms with Gasteiger partial charge in [0.1, 0.15) is 6.10 Å². The average Bonchev–Trinajstić information content (AvgIpc) is 3.17. The molecule has 1 aliphatic heterocycles. The summed E-state index contributed by atoms with van der Waals surface area (Å²) in [6.07, 6.45) is 13.0. The van der Waals surface area contributed by atoms with Crippen LogP contribution in [0, 0.1) is 5.92 Å². The third-order valence-electron chi connectivity index (χ3n) is 4.30. The van der Waals surface area contributed by atoms with Crippen molar-refractivity contribution in [1.82, 2.24) is 0 Å². The van der Waals surface area contributed by atoms with Crippen molar-refractivity contribution in [2.45, 2.75) is 70.2 Å². The minimum absolute atomic E-state index is 0.0383.